The summed E-state index contributed by atoms with van der Waals surface area (Å²) in [5.41, 5.74) is 0.879. The maximum atomic E-state index is 12.3. The SMILES string of the molecule is CNCc1cc(S(=O)(=O)N(C)CC2CC2C)c[nH]1. The van der Waals surface area contributed by atoms with Gasteiger partial charge in [-0.05, 0) is 31.4 Å². The summed E-state index contributed by atoms with van der Waals surface area (Å²) in [7, 11) is 0.146. The number of sulfonamides is 1. The van der Waals surface area contributed by atoms with E-state index in [9.17, 15) is 8.42 Å². The second-order valence-corrected chi connectivity index (χ2v) is 7.19. The first-order valence-corrected chi connectivity index (χ1v) is 7.67. The van der Waals surface area contributed by atoms with E-state index in [-0.39, 0.29) is 0 Å². The predicted molar refractivity (Wildman–Crippen MR) is 70.6 cm³/mol. The molecule has 102 valence electrons. The molecule has 5 nitrogen and oxygen atoms in total. The van der Waals surface area contributed by atoms with Gasteiger partial charge in [-0.25, -0.2) is 12.7 Å². The molecule has 2 atom stereocenters. The number of hydrogen-bond donors (Lipinski definition) is 2. The van der Waals surface area contributed by atoms with E-state index in [1.165, 1.54) is 4.31 Å². The average Bonchev–Trinajstić information content (AvgIpc) is 2.80. The standard InChI is InChI=1S/C12H21N3O2S/c1-9-4-10(9)8-15(3)18(16,17)12-5-11(6-13-2)14-7-12/h5,7,9-10,13-14H,4,6,8H2,1-3H3. The van der Waals surface area contributed by atoms with Crippen molar-refractivity contribution in [2.24, 2.45) is 11.8 Å². The number of nitrogens with zero attached hydrogens (tertiary/aromatic N) is 1. The first-order chi connectivity index (χ1) is 8.45. The molecule has 0 spiro atoms. The Hall–Kier alpha value is -0.850. The molecule has 2 unspecified atom stereocenters. The van der Waals surface area contributed by atoms with E-state index in [4.69, 9.17) is 0 Å². The van der Waals surface area contributed by atoms with E-state index in [1.54, 1.807) is 19.3 Å². The lowest BCUT2D eigenvalue weighted by Crippen LogP contribution is -2.29. The molecule has 0 saturated heterocycles. The fourth-order valence-corrected chi connectivity index (χ4v) is 3.37. The summed E-state index contributed by atoms with van der Waals surface area (Å²) in [5, 5.41) is 2.99. The van der Waals surface area contributed by atoms with Crippen molar-refractivity contribution in [1.82, 2.24) is 14.6 Å². The van der Waals surface area contributed by atoms with Gasteiger partial charge in [0.25, 0.3) is 0 Å². The topological polar surface area (TPSA) is 65.2 Å². The third-order valence-electron chi connectivity index (χ3n) is 3.56. The van der Waals surface area contributed by atoms with Gasteiger partial charge in [-0.3, -0.25) is 0 Å². The molecule has 6 heteroatoms. The van der Waals surface area contributed by atoms with Gasteiger partial charge in [-0.2, -0.15) is 0 Å². The minimum atomic E-state index is -3.34. The lowest BCUT2D eigenvalue weighted by atomic mass is 10.3. The Balaban J connectivity index is 2.08. The van der Waals surface area contributed by atoms with Crippen LogP contribution in [0.25, 0.3) is 0 Å². The first kappa shape index (κ1) is 13.6. The largest absolute Gasteiger partial charge is 0.363 e. The van der Waals surface area contributed by atoms with Gasteiger partial charge in [0.05, 0.1) is 4.90 Å². The zero-order valence-corrected chi connectivity index (χ0v) is 11.9. The summed E-state index contributed by atoms with van der Waals surface area (Å²) < 4.78 is 26.1. The van der Waals surface area contributed by atoms with Crippen LogP contribution in [-0.2, 0) is 16.6 Å². The fourth-order valence-electron chi connectivity index (χ4n) is 2.12. The number of aromatic nitrogens is 1. The Morgan fingerprint density at radius 1 is 1.56 bits per heavy atom. The van der Waals surface area contributed by atoms with Gasteiger partial charge in [0, 0.05) is 32.0 Å². The molecule has 0 bridgehead atoms. The molecule has 0 aliphatic heterocycles. The van der Waals surface area contributed by atoms with Crippen molar-refractivity contribution in [2.75, 3.05) is 20.6 Å². The summed E-state index contributed by atoms with van der Waals surface area (Å²) in [6.07, 6.45) is 2.70. The average molecular weight is 271 g/mol. The van der Waals surface area contributed by atoms with E-state index in [2.05, 4.69) is 17.2 Å². The number of aromatic amines is 1. The third-order valence-corrected chi connectivity index (χ3v) is 5.36. The number of H-pyrrole nitrogens is 1. The van der Waals surface area contributed by atoms with E-state index in [0.29, 0.717) is 29.8 Å². The van der Waals surface area contributed by atoms with Crippen molar-refractivity contribution in [1.29, 1.82) is 0 Å². The molecule has 1 aliphatic carbocycles. The zero-order valence-electron chi connectivity index (χ0n) is 11.1. The van der Waals surface area contributed by atoms with Crippen molar-refractivity contribution in [3.8, 4) is 0 Å². The zero-order chi connectivity index (χ0) is 13.3. The van der Waals surface area contributed by atoms with Crippen LogP contribution in [0.3, 0.4) is 0 Å². The Bertz CT molecular complexity index is 509. The van der Waals surface area contributed by atoms with Crippen molar-refractivity contribution in [3.63, 3.8) is 0 Å². The number of hydrogen-bond acceptors (Lipinski definition) is 3. The molecule has 1 aliphatic rings. The van der Waals surface area contributed by atoms with Crippen molar-refractivity contribution >= 4 is 10.0 Å². The Kier molecular flexibility index (Phi) is 3.79. The van der Waals surface area contributed by atoms with Gasteiger partial charge >= 0.3 is 0 Å². The summed E-state index contributed by atoms with van der Waals surface area (Å²) in [4.78, 5) is 3.33. The highest BCUT2D eigenvalue weighted by Crippen LogP contribution is 2.38. The summed E-state index contributed by atoms with van der Waals surface area (Å²) >= 11 is 0. The van der Waals surface area contributed by atoms with Gasteiger partial charge < -0.3 is 10.3 Å². The Morgan fingerprint density at radius 3 is 2.78 bits per heavy atom. The number of rotatable bonds is 6. The Morgan fingerprint density at radius 2 is 2.22 bits per heavy atom. The van der Waals surface area contributed by atoms with Crippen molar-refractivity contribution in [2.45, 2.75) is 24.8 Å². The van der Waals surface area contributed by atoms with Gasteiger partial charge in [-0.1, -0.05) is 6.92 Å². The maximum absolute atomic E-state index is 12.3. The second kappa shape index (κ2) is 5.03. The highest BCUT2D eigenvalue weighted by atomic mass is 32.2. The molecule has 0 radical (unpaired) electrons. The lowest BCUT2D eigenvalue weighted by molar-refractivity contribution is 0.445. The molecule has 1 saturated carbocycles. The maximum Gasteiger partial charge on any atom is 0.244 e. The minimum Gasteiger partial charge on any atom is -0.363 e. The van der Waals surface area contributed by atoms with Crippen LogP contribution in [0, 0.1) is 11.8 Å². The van der Waals surface area contributed by atoms with Crippen LogP contribution in [-0.4, -0.2) is 38.3 Å². The minimum absolute atomic E-state index is 0.351. The third kappa shape index (κ3) is 2.76. The lowest BCUT2D eigenvalue weighted by Gasteiger charge is -2.15. The molecule has 18 heavy (non-hydrogen) atoms. The van der Waals surface area contributed by atoms with Crippen LogP contribution in [0.5, 0.6) is 0 Å². The van der Waals surface area contributed by atoms with E-state index in [0.717, 1.165) is 12.1 Å². The van der Waals surface area contributed by atoms with Crippen molar-refractivity contribution < 1.29 is 8.42 Å². The molecule has 0 amide bonds. The van der Waals surface area contributed by atoms with Crippen LogP contribution in [0.15, 0.2) is 17.2 Å². The molecule has 2 rings (SSSR count). The summed E-state index contributed by atoms with van der Waals surface area (Å²) in [6.45, 7) is 3.42. The highest BCUT2D eigenvalue weighted by Gasteiger charge is 2.36. The van der Waals surface area contributed by atoms with Crippen LogP contribution >= 0.6 is 0 Å². The van der Waals surface area contributed by atoms with E-state index >= 15 is 0 Å². The van der Waals surface area contributed by atoms with Gasteiger partial charge in [0.2, 0.25) is 10.0 Å². The molecule has 1 aromatic heterocycles. The fraction of sp³-hybridized carbons (Fsp3) is 0.667. The quantitative estimate of drug-likeness (QED) is 0.811. The van der Waals surface area contributed by atoms with Gasteiger partial charge in [0.1, 0.15) is 0 Å². The molecule has 1 fully saturated rings. The molecule has 0 aromatic carbocycles. The Labute approximate surface area is 109 Å². The van der Waals surface area contributed by atoms with Crippen molar-refractivity contribution in [3.05, 3.63) is 18.0 Å². The predicted octanol–water partition coefficient (Wildman–Crippen LogP) is 1.01. The number of nitrogens with one attached hydrogen (secondary N) is 2. The summed E-state index contributed by atoms with van der Waals surface area (Å²) in [6, 6.07) is 1.69. The molecular weight excluding hydrogens is 250 g/mol. The van der Waals surface area contributed by atoms with Gasteiger partial charge in [-0.15, -0.1) is 0 Å². The molecular formula is C12H21N3O2S. The molecule has 1 aromatic rings. The highest BCUT2D eigenvalue weighted by molar-refractivity contribution is 7.89. The van der Waals surface area contributed by atoms with Crippen LogP contribution in [0.2, 0.25) is 0 Å². The first-order valence-electron chi connectivity index (χ1n) is 6.23. The smallest absolute Gasteiger partial charge is 0.244 e. The van der Waals surface area contributed by atoms with Crippen LogP contribution in [0.4, 0.5) is 0 Å². The van der Waals surface area contributed by atoms with Gasteiger partial charge in [0.15, 0.2) is 0 Å². The monoisotopic (exact) mass is 271 g/mol. The van der Waals surface area contributed by atoms with Crippen LogP contribution < -0.4 is 5.32 Å². The van der Waals surface area contributed by atoms with Crippen LogP contribution in [0.1, 0.15) is 19.0 Å². The normalized spacial score (nSPS) is 23.6. The molecule has 1 heterocycles. The van der Waals surface area contributed by atoms with E-state index in [1.807, 2.05) is 7.05 Å². The van der Waals surface area contributed by atoms with E-state index < -0.39 is 10.0 Å². The second-order valence-electron chi connectivity index (χ2n) is 5.15. The summed E-state index contributed by atoms with van der Waals surface area (Å²) in [5.74, 6) is 1.19. The molecule has 2 N–H and O–H groups in total.